The molecular formula is C13H9ClFNOS. The summed E-state index contributed by atoms with van der Waals surface area (Å²) in [5.74, 6) is -0.223. The number of aromatic nitrogens is 1. The summed E-state index contributed by atoms with van der Waals surface area (Å²) in [7, 11) is 0. The molecule has 2 aromatic rings. The quantitative estimate of drug-likeness (QED) is 0.787. The van der Waals surface area contributed by atoms with Gasteiger partial charge in [0, 0.05) is 12.0 Å². The number of aryl methyl sites for hydroxylation is 1. The van der Waals surface area contributed by atoms with Crippen molar-refractivity contribution in [2.24, 2.45) is 0 Å². The Bertz CT molecular complexity index is 638. The molecule has 0 N–H and O–H groups in total. The predicted octanol–water partition coefficient (Wildman–Crippen LogP) is 4.12. The first kappa shape index (κ1) is 11.8. The maximum Gasteiger partial charge on any atom is 0.174 e. The second-order valence-corrected chi connectivity index (χ2v) is 5.60. The van der Waals surface area contributed by atoms with Gasteiger partial charge in [0.05, 0.1) is 15.6 Å². The molecule has 92 valence electrons. The van der Waals surface area contributed by atoms with Gasteiger partial charge in [0.15, 0.2) is 5.78 Å². The second-order valence-electron chi connectivity index (χ2n) is 4.20. The largest absolute Gasteiger partial charge is 0.293 e. The lowest BCUT2D eigenvalue weighted by molar-refractivity contribution is 0.0976. The molecule has 0 aliphatic heterocycles. The van der Waals surface area contributed by atoms with Gasteiger partial charge in [-0.25, -0.2) is 9.37 Å². The van der Waals surface area contributed by atoms with Gasteiger partial charge in [-0.2, -0.15) is 0 Å². The minimum absolute atomic E-state index is 0.151. The number of Topliss-reactive ketones (excluding diaryl/α,β-unsaturated/α-hetero) is 1. The fourth-order valence-electron chi connectivity index (χ4n) is 2.05. The van der Waals surface area contributed by atoms with Crippen LogP contribution in [0.2, 0.25) is 5.02 Å². The third kappa shape index (κ3) is 1.95. The van der Waals surface area contributed by atoms with Crippen LogP contribution in [0, 0.1) is 5.82 Å². The number of benzene rings is 1. The molecule has 18 heavy (non-hydrogen) atoms. The third-order valence-electron chi connectivity index (χ3n) is 2.93. The molecule has 0 spiro atoms. The van der Waals surface area contributed by atoms with Crippen molar-refractivity contribution in [3.8, 4) is 10.6 Å². The predicted molar refractivity (Wildman–Crippen MR) is 69.8 cm³/mol. The van der Waals surface area contributed by atoms with Gasteiger partial charge in [-0.3, -0.25) is 4.79 Å². The molecule has 1 aromatic heterocycles. The fourth-order valence-corrected chi connectivity index (χ4v) is 3.48. The molecule has 0 saturated heterocycles. The Morgan fingerprint density at radius 2 is 2.17 bits per heavy atom. The van der Waals surface area contributed by atoms with Gasteiger partial charge in [0.2, 0.25) is 0 Å². The van der Waals surface area contributed by atoms with Crippen LogP contribution >= 0.6 is 22.9 Å². The number of nitrogens with zero attached hydrogens (tertiary/aromatic N) is 1. The lowest BCUT2D eigenvalue weighted by atomic mass is 10.0. The van der Waals surface area contributed by atoms with Crippen molar-refractivity contribution in [1.29, 1.82) is 0 Å². The van der Waals surface area contributed by atoms with Crippen LogP contribution in [0.3, 0.4) is 0 Å². The first-order valence-corrected chi connectivity index (χ1v) is 6.83. The molecule has 0 bridgehead atoms. The molecule has 1 heterocycles. The summed E-state index contributed by atoms with van der Waals surface area (Å²) in [6, 6.07) is 4.22. The molecule has 0 unspecified atom stereocenters. The van der Waals surface area contributed by atoms with Crippen molar-refractivity contribution in [2.45, 2.75) is 19.3 Å². The number of fused-ring (bicyclic) bond motifs is 1. The maximum atomic E-state index is 13.0. The number of carbonyl (C=O) groups excluding carboxylic acids is 1. The standard InChI is InChI=1S/C13H9ClFNOS/c14-9-6-7(15)4-5-8(9)13-16-10-2-1-3-11(17)12(10)18-13/h4-6H,1-3H2. The van der Waals surface area contributed by atoms with E-state index in [2.05, 4.69) is 4.98 Å². The highest BCUT2D eigenvalue weighted by atomic mass is 35.5. The molecule has 5 heteroatoms. The van der Waals surface area contributed by atoms with E-state index in [4.69, 9.17) is 11.6 Å². The number of hydrogen-bond donors (Lipinski definition) is 0. The lowest BCUT2D eigenvalue weighted by Gasteiger charge is -2.06. The van der Waals surface area contributed by atoms with E-state index >= 15 is 0 Å². The van der Waals surface area contributed by atoms with Crippen LogP contribution in [0.4, 0.5) is 4.39 Å². The third-order valence-corrected chi connectivity index (χ3v) is 4.41. The fraction of sp³-hybridized carbons (Fsp3) is 0.231. The first-order valence-electron chi connectivity index (χ1n) is 5.63. The molecule has 0 atom stereocenters. The monoisotopic (exact) mass is 281 g/mol. The summed E-state index contributed by atoms with van der Waals surface area (Å²) in [5, 5.41) is 1.02. The van der Waals surface area contributed by atoms with Crippen LogP contribution in [0.15, 0.2) is 18.2 Å². The van der Waals surface area contributed by atoms with Gasteiger partial charge in [-0.1, -0.05) is 11.6 Å². The minimum Gasteiger partial charge on any atom is -0.293 e. The maximum absolute atomic E-state index is 13.0. The highest BCUT2D eigenvalue weighted by Gasteiger charge is 2.23. The number of ketones is 1. The van der Waals surface area contributed by atoms with Crippen molar-refractivity contribution >= 4 is 28.7 Å². The number of carbonyl (C=O) groups is 1. The summed E-state index contributed by atoms with van der Waals surface area (Å²) in [6.07, 6.45) is 2.27. The van der Waals surface area contributed by atoms with Crippen LogP contribution in [-0.4, -0.2) is 10.8 Å². The molecule has 1 aliphatic rings. The summed E-state index contributed by atoms with van der Waals surface area (Å²) < 4.78 is 13.0. The van der Waals surface area contributed by atoms with E-state index in [1.807, 2.05) is 0 Å². The van der Waals surface area contributed by atoms with E-state index < -0.39 is 0 Å². The topological polar surface area (TPSA) is 30.0 Å². The van der Waals surface area contributed by atoms with E-state index in [9.17, 15) is 9.18 Å². The van der Waals surface area contributed by atoms with Crippen LogP contribution in [-0.2, 0) is 6.42 Å². The number of thiazole rings is 1. The Hall–Kier alpha value is -1.26. The van der Waals surface area contributed by atoms with E-state index in [-0.39, 0.29) is 11.6 Å². The van der Waals surface area contributed by atoms with Crippen LogP contribution in [0.25, 0.3) is 10.6 Å². The Labute approximate surface area is 112 Å². The Balaban J connectivity index is 2.10. The Morgan fingerprint density at radius 3 is 2.89 bits per heavy atom. The van der Waals surface area contributed by atoms with Gasteiger partial charge >= 0.3 is 0 Å². The number of rotatable bonds is 1. The average Bonchev–Trinajstić information content (AvgIpc) is 2.74. The number of hydrogen-bond acceptors (Lipinski definition) is 3. The van der Waals surface area contributed by atoms with Crippen molar-refractivity contribution in [3.05, 3.63) is 39.6 Å². The van der Waals surface area contributed by atoms with Gasteiger partial charge in [-0.05, 0) is 31.0 Å². The normalized spacial score (nSPS) is 14.7. The van der Waals surface area contributed by atoms with Crippen LogP contribution < -0.4 is 0 Å². The summed E-state index contributed by atoms with van der Waals surface area (Å²) in [6.45, 7) is 0. The molecule has 1 aliphatic carbocycles. The molecule has 2 nitrogen and oxygen atoms in total. The first-order chi connectivity index (χ1) is 8.65. The van der Waals surface area contributed by atoms with E-state index in [0.29, 0.717) is 22.0 Å². The van der Waals surface area contributed by atoms with Crippen LogP contribution in [0.5, 0.6) is 0 Å². The van der Waals surface area contributed by atoms with E-state index in [1.54, 1.807) is 6.07 Å². The Morgan fingerprint density at radius 1 is 1.33 bits per heavy atom. The zero-order valence-electron chi connectivity index (χ0n) is 9.37. The average molecular weight is 282 g/mol. The van der Waals surface area contributed by atoms with Gasteiger partial charge in [-0.15, -0.1) is 11.3 Å². The van der Waals surface area contributed by atoms with Crippen molar-refractivity contribution in [3.63, 3.8) is 0 Å². The summed E-state index contributed by atoms with van der Waals surface area (Å²) in [5.41, 5.74) is 1.54. The zero-order chi connectivity index (χ0) is 12.7. The SMILES string of the molecule is O=C1CCCc2nc(-c3ccc(F)cc3Cl)sc21. The summed E-state index contributed by atoms with van der Waals surface area (Å²) in [4.78, 5) is 16.9. The molecule has 0 saturated carbocycles. The highest BCUT2D eigenvalue weighted by Crippen LogP contribution is 2.36. The molecule has 0 radical (unpaired) electrons. The van der Waals surface area contributed by atoms with Crippen LogP contribution in [0.1, 0.15) is 28.2 Å². The molecular weight excluding hydrogens is 273 g/mol. The number of halogens is 2. The van der Waals surface area contributed by atoms with Crippen molar-refractivity contribution < 1.29 is 9.18 Å². The Kier molecular flexibility index (Phi) is 2.92. The van der Waals surface area contributed by atoms with E-state index in [1.165, 1.54) is 23.5 Å². The molecule has 3 rings (SSSR count). The van der Waals surface area contributed by atoms with Crippen molar-refractivity contribution in [1.82, 2.24) is 4.98 Å². The smallest absolute Gasteiger partial charge is 0.174 e. The van der Waals surface area contributed by atoms with Gasteiger partial charge in [0.25, 0.3) is 0 Å². The minimum atomic E-state index is -0.374. The van der Waals surface area contributed by atoms with Crippen molar-refractivity contribution in [2.75, 3.05) is 0 Å². The lowest BCUT2D eigenvalue weighted by Crippen LogP contribution is -2.07. The molecule has 0 fully saturated rings. The summed E-state index contributed by atoms with van der Waals surface area (Å²) >= 11 is 7.35. The van der Waals surface area contributed by atoms with Gasteiger partial charge < -0.3 is 0 Å². The van der Waals surface area contributed by atoms with E-state index in [0.717, 1.165) is 23.4 Å². The molecule has 0 amide bonds. The zero-order valence-corrected chi connectivity index (χ0v) is 10.9. The second kappa shape index (κ2) is 4.44. The highest BCUT2D eigenvalue weighted by molar-refractivity contribution is 7.17. The van der Waals surface area contributed by atoms with Gasteiger partial charge in [0.1, 0.15) is 10.8 Å². The molecule has 1 aromatic carbocycles.